The molecule has 0 heterocycles. The standard InChI is InChI=1S/C20H41O/c1-5-9-12-13-14-15-16-19(8-4)20(21,17-10-6-2)18-11-7-3/h19H,5-18H2,1-4H3. The first-order chi connectivity index (χ1) is 10.1. The summed E-state index contributed by atoms with van der Waals surface area (Å²) < 4.78 is 0. The summed E-state index contributed by atoms with van der Waals surface area (Å²) in [6.07, 6.45) is 16.6. The van der Waals surface area contributed by atoms with Crippen molar-refractivity contribution in [1.82, 2.24) is 0 Å². The molecule has 127 valence electrons. The summed E-state index contributed by atoms with van der Waals surface area (Å²) in [7, 11) is 0. The topological polar surface area (TPSA) is 19.9 Å². The van der Waals surface area contributed by atoms with Crippen LogP contribution in [0.25, 0.3) is 0 Å². The average molecular weight is 298 g/mol. The van der Waals surface area contributed by atoms with Crippen LogP contribution in [0.5, 0.6) is 0 Å². The van der Waals surface area contributed by atoms with Gasteiger partial charge in [-0.3, -0.25) is 0 Å². The molecule has 0 bridgehead atoms. The van der Waals surface area contributed by atoms with Gasteiger partial charge in [-0.05, 0) is 25.2 Å². The van der Waals surface area contributed by atoms with Crippen LogP contribution in [-0.4, -0.2) is 5.60 Å². The van der Waals surface area contributed by atoms with Crippen LogP contribution < -0.4 is 0 Å². The molecule has 1 heteroatoms. The maximum atomic E-state index is 13.3. The maximum absolute atomic E-state index is 13.3. The zero-order valence-corrected chi connectivity index (χ0v) is 15.4. The van der Waals surface area contributed by atoms with Crippen molar-refractivity contribution in [2.24, 2.45) is 5.92 Å². The molecule has 0 saturated heterocycles. The Balaban J connectivity index is 4.24. The average Bonchev–Trinajstić information content (AvgIpc) is 2.50. The quantitative estimate of drug-likeness (QED) is 0.282. The number of unbranched alkanes of at least 4 members (excludes halogenated alkanes) is 7. The zero-order valence-electron chi connectivity index (χ0n) is 15.4. The molecule has 0 rings (SSSR count). The van der Waals surface area contributed by atoms with Crippen LogP contribution >= 0.6 is 0 Å². The van der Waals surface area contributed by atoms with Gasteiger partial charge in [-0.1, -0.05) is 98.3 Å². The SMILES string of the molecule is CCCCCCCCC(CC)C([O])(CCCC)CCCC. The van der Waals surface area contributed by atoms with Gasteiger partial charge in [0.05, 0.1) is 0 Å². The van der Waals surface area contributed by atoms with Crippen molar-refractivity contribution in [2.75, 3.05) is 0 Å². The maximum Gasteiger partial charge on any atom is 0.106 e. The summed E-state index contributed by atoms with van der Waals surface area (Å²) in [5, 5.41) is 13.3. The van der Waals surface area contributed by atoms with Gasteiger partial charge >= 0.3 is 0 Å². The van der Waals surface area contributed by atoms with Gasteiger partial charge in [0, 0.05) is 0 Å². The van der Waals surface area contributed by atoms with Gasteiger partial charge in [-0.25, -0.2) is 5.11 Å². The molecule has 1 radical (unpaired) electrons. The Kier molecular flexibility index (Phi) is 13.6. The Morgan fingerprint density at radius 3 is 1.62 bits per heavy atom. The molecule has 0 saturated carbocycles. The molecule has 0 fully saturated rings. The fourth-order valence-corrected chi connectivity index (χ4v) is 3.50. The molecule has 0 aromatic carbocycles. The highest BCUT2D eigenvalue weighted by Gasteiger charge is 2.35. The lowest BCUT2D eigenvalue weighted by Crippen LogP contribution is -2.36. The summed E-state index contributed by atoms with van der Waals surface area (Å²) in [4.78, 5) is 0. The van der Waals surface area contributed by atoms with Crippen LogP contribution in [-0.2, 0) is 5.11 Å². The Bertz CT molecular complexity index is 204. The third-order valence-corrected chi connectivity index (χ3v) is 5.05. The van der Waals surface area contributed by atoms with Gasteiger partial charge < -0.3 is 0 Å². The lowest BCUT2D eigenvalue weighted by molar-refractivity contribution is -0.0976. The van der Waals surface area contributed by atoms with E-state index in [1.54, 1.807) is 0 Å². The summed E-state index contributed by atoms with van der Waals surface area (Å²) in [6, 6.07) is 0. The van der Waals surface area contributed by atoms with E-state index in [2.05, 4.69) is 27.7 Å². The molecule has 0 aliphatic carbocycles. The minimum absolute atomic E-state index is 0.404. The summed E-state index contributed by atoms with van der Waals surface area (Å²) in [5.74, 6) is 0.404. The second-order valence-corrected chi connectivity index (χ2v) is 6.93. The van der Waals surface area contributed by atoms with Crippen molar-refractivity contribution in [3.05, 3.63) is 0 Å². The normalized spacial score (nSPS) is 13.6. The van der Waals surface area contributed by atoms with E-state index in [-0.39, 0.29) is 0 Å². The molecule has 0 amide bonds. The molecular formula is C20H41O. The van der Waals surface area contributed by atoms with E-state index >= 15 is 0 Å². The van der Waals surface area contributed by atoms with Crippen molar-refractivity contribution < 1.29 is 5.11 Å². The van der Waals surface area contributed by atoms with Gasteiger partial charge in [0.1, 0.15) is 5.60 Å². The van der Waals surface area contributed by atoms with Gasteiger partial charge in [0.25, 0.3) is 0 Å². The van der Waals surface area contributed by atoms with Crippen LogP contribution in [0.1, 0.15) is 118 Å². The van der Waals surface area contributed by atoms with Gasteiger partial charge in [-0.15, -0.1) is 0 Å². The van der Waals surface area contributed by atoms with Crippen LogP contribution in [0.3, 0.4) is 0 Å². The summed E-state index contributed by atoms with van der Waals surface area (Å²) >= 11 is 0. The van der Waals surface area contributed by atoms with Crippen LogP contribution in [0.2, 0.25) is 0 Å². The molecule has 21 heavy (non-hydrogen) atoms. The molecule has 0 N–H and O–H groups in total. The van der Waals surface area contributed by atoms with Crippen LogP contribution in [0, 0.1) is 5.92 Å². The van der Waals surface area contributed by atoms with Crippen molar-refractivity contribution in [1.29, 1.82) is 0 Å². The predicted octanol–water partition coefficient (Wildman–Crippen LogP) is 7.31. The van der Waals surface area contributed by atoms with E-state index in [9.17, 15) is 5.11 Å². The Morgan fingerprint density at radius 1 is 0.667 bits per heavy atom. The lowest BCUT2D eigenvalue weighted by Gasteiger charge is -2.34. The highest BCUT2D eigenvalue weighted by atomic mass is 16.3. The molecule has 0 spiro atoms. The van der Waals surface area contributed by atoms with Gasteiger partial charge in [-0.2, -0.15) is 0 Å². The summed E-state index contributed by atoms with van der Waals surface area (Å²) in [6.45, 7) is 8.90. The Morgan fingerprint density at radius 2 is 1.14 bits per heavy atom. The van der Waals surface area contributed by atoms with E-state index in [1.165, 1.54) is 44.9 Å². The molecule has 1 atom stereocenters. The minimum atomic E-state index is -0.635. The minimum Gasteiger partial charge on any atom is -0.229 e. The zero-order chi connectivity index (χ0) is 16.0. The number of rotatable bonds is 15. The third kappa shape index (κ3) is 9.55. The highest BCUT2D eigenvalue weighted by molar-refractivity contribution is 4.85. The second kappa shape index (κ2) is 13.6. The molecular weight excluding hydrogens is 256 g/mol. The predicted molar refractivity (Wildman–Crippen MR) is 94.2 cm³/mol. The van der Waals surface area contributed by atoms with Crippen molar-refractivity contribution in [2.45, 2.75) is 123 Å². The molecule has 1 unspecified atom stereocenters. The van der Waals surface area contributed by atoms with E-state index in [0.29, 0.717) is 5.92 Å². The number of hydrogen-bond donors (Lipinski definition) is 0. The fraction of sp³-hybridized carbons (Fsp3) is 1.00. The second-order valence-electron chi connectivity index (χ2n) is 6.93. The first-order valence-electron chi connectivity index (χ1n) is 9.84. The molecule has 0 aromatic heterocycles. The van der Waals surface area contributed by atoms with Crippen molar-refractivity contribution in [3.8, 4) is 0 Å². The largest absolute Gasteiger partial charge is 0.229 e. The smallest absolute Gasteiger partial charge is 0.106 e. The molecule has 1 nitrogen and oxygen atoms in total. The highest BCUT2D eigenvalue weighted by Crippen LogP contribution is 2.35. The number of hydrogen-bond acceptors (Lipinski definition) is 0. The van der Waals surface area contributed by atoms with E-state index < -0.39 is 5.60 Å². The fourth-order valence-electron chi connectivity index (χ4n) is 3.50. The van der Waals surface area contributed by atoms with E-state index in [0.717, 1.165) is 44.9 Å². The van der Waals surface area contributed by atoms with Crippen LogP contribution in [0.15, 0.2) is 0 Å². The van der Waals surface area contributed by atoms with E-state index in [4.69, 9.17) is 0 Å². The Hall–Kier alpha value is -0.0400. The molecule has 0 aliphatic rings. The monoisotopic (exact) mass is 297 g/mol. The van der Waals surface area contributed by atoms with E-state index in [1.807, 2.05) is 0 Å². The van der Waals surface area contributed by atoms with Crippen molar-refractivity contribution in [3.63, 3.8) is 0 Å². The Labute approximate surface area is 134 Å². The summed E-state index contributed by atoms with van der Waals surface area (Å²) in [5.41, 5.74) is -0.635. The third-order valence-electron chi connectivity index (χ3n) is 5.05. The lowest BCUT2D eigenvalue weighted by atomic mass is 9.75. The first-order valence-corrected chi connectivity index (χ1v) is 9.84. The van der Waals surface area contributed by atoms with Crippen LogP contribution in [0.4, 0.5) is 0 Å². The van der Waals surface area contributed by atoms with Gasteiger partial charge in [0.15, 0.2) is 0 Å². The molecule has 0 aliphatic heterocycles. The van der Waals surface area contributed by atoms with Crippen molar-refractivity contribution >= 4 is 0 Å². The van der Waals surface area contributed by atoms with Gasteiger partial charge in [0.2, 0.25) is 0 Å². The molecule has 0 aromatic rings. The first kappa shape index (κ1) is 21.0.